The Kier molecular flexibility index (Phi) is 3.53. The highest BCUT2D eigenvalue weighted by molar-refractivity contribution is 5.87. The molecule has 0 unspecified atom stereocenters. The van der Waals surface area contributed by atoms with Crippen molar-refractivity contribution >= 4 is 11.7 Å². The number of carbonyl (C=O) groups excluding carboxylic acids is 1. The average Bonchev–Trinajstić information content (AvgIpc) is 2.16. The van der Waals surface area contributed by atoms with Crippen molar-refractivity contribution in [1.82, 2.24) is 0 Å². The van der Waals surface area contributed by atoms with Crippen molar-refractivity contribution in [3.63, 3.8) is 0 Å². The predicted octanol–water partition coefficient (Wildman–Crippen LogP) is 0.521. The highest BCUT2D eigenvalue weighted by Gasteiger charge is 1.94. The van der Waals surface area contributed by atoms with Gasteiger partial charge in [-0.1, -0.05) is 11.8 Å². The summed E-state index contributed by atoms with van der Waals surface area (Å²) in [6.45, 7) is -0.165. The molecule has 2 amide bonds. The van der Waals surface area contributed by atoms with Gasteiger partial charge in [0, 0.05) is 11.3 Å². The van der Waals surface area contributed by atoms with Crippen LogP contribution in [0.2, 0.25) is 0 Å². The van der Waals surface area contributed by atoms with Gasteiger partial charge in [-0.15, -0.1) is 0 Å². The molecule has 4 N–H and O–H groups in total. The van der Waals surface area contributed by atoms with Gasteiger partial charge in [0.15, 0.2) is 0 Å². The molecular weight excluding hydrogens is 180 g/mol. The molecule has 0 saturated carbocycles. The van der Waals surface area contributed by atoms with E-state index in [1.807, 2.05) is 0 Å². The van der Waals surface area contributed by atoms with Crippen molar-refractivity contribution in [2.24, 2.45) is 5.73 Å². The Labute approximate surface area is 81.7 Å². The fourth-order valence-electron chi connectivity index (χ4n) is 0.921. The highest BCUT2D eigenvalue weighted by Crippen LogP contribution is 2.07. The Morgan fingerprint density at radius 3 is 2.57 bits per heavy atom. The van der Waals surface area contributed by atoms with Crippen LogP contribution in [0.3, 0.4) is 0 Å². The standard InChI is InChI=1S/C10H10N2O2/c11-10(14)12-9-5-3-8(4-6-9)2-1-7-13/h3-6,13H,7H2,(H3,11,12,14). The number of aliphatic hydroxyl groups excluding tert-OH is 1. The minimum atomic E-state index is -0.598. The lowest BCUT2D eigenvalue weighted by Gasteiger charge is -2.00. The zero-order chi connectivity index (χ0) is 10.4. The van der Waals surface area contributed by atoms with Crippen molar-refractivity contribution in [3.05, 3.63) is 29.8 Å². The first-order valence-electron chi connectivity index (χ1n) is 3.98. The van der Waals surface area contributed by atoms with Crippen LogP contribution in [0.15, 0.2) is 24.3 Å². The summed E-state index contributed by atoms with van der Waals surface area (Å²) >= 11 is 0. The summed E-state index contributed by atoms with van der Waals surface area (Å²) in [5.41, 5.74) is 6.32. The van der Waals surface area contributed by atoms with E-state index < -0.39 is 6.03 Å². The Bertz CT molecular complexity index is 373. The second kappa shape index (κ2) is 4.90. The summed E-state index contributed by atoms with van der Waals surface area (Å²) in [7, 11) is 0. The van der Waals surface area contributed by atoms with Gasteiger partial charge in [-0.25, -0.2) is 4.79 Å². The first-order chi connectivity index (χ1) is 6.72. The molecule has 1 aromatic carbocycles. The number of hydrogen-bond acceptors (Lipinski definition) is 2. The third kappa shape index (κ3) is 3.17. The third-order valence-corrected chi connectivity index (χ3v) is 1.46. The van der Waals surface area contributed by atoms with Crippen molar-refractivity contribution in [2.45, 2.75) is 0 Å². The largest absolute Gasteiger partial charge is 0.384 e. The maximum atomic E-state index is 10.5. The fourth-order valence-corrected chi connectivity index (χ4v) is 0.921. The predicted molar refractivity (Wildman–Crippen MR) is 53.6 cm³/mol. The molecule has 0 spiro atoms. The molecule has 4 nitrogen and oxygen atoms in total. The van der Waals surface area contributed by atoms with E-state index in [0.717, 1.165) is 5.56 Å². The van der Waals surface area contributed by atoms with Crippen LogP contribution in [0.1, 0.15) is 5.56 Å². The zero-order valence-corrected chi connectivity index (χ0v) is 7.45. The highest BCUT2D eigenvalue weighted by atomic mass is 16.2. The number of rotatable bonds is 1. The second-order valence-electron chi connectivity index (χ2n) is 2.53. The zero-order valence-electron chi connectivity index (χ0n) is 7.45. The summed E-state index contributed by atoms with van der Waals surface area (Å²) in [4.78, 5) is 10.5. The van der Waals surface area contributed by atoms with Gasteiger partial charge >= 0.3 is 6.03 Å². The lowest BCUT2D eigenvalue weighted by molar-refractivity contribution is 0.259. The number of amides is 2. The van der Waals surface area contributed by atoms with Crippen molar-refractivity contribution < 1.29 is 9.90 Å². The Morgan fingerprint density at radius 2 is 2.07 bits per heavy atom. The topological polar surface area (TPSA) is 75.4 Å². The number of benzene rings is 1. The van der Waals surface area contributed by atoms with E-state index in [1.165, 1.54) is 0 Å². The lowest BCUT2D eigenvalue weighted by Crippen LogP contribution is -2.19. The molecule has 0 radical (unpaired) electrons. The van der Waals surface area contributed by atoms with Crippen LogP contribution in [-0.2, 0) is 0 Å². The van der Waals surface area contributed by atoms with Crippen LogP contribution in [0.4, 0.5) is 10.5 Å². The average molecular weight is 190 g/mol. The molecule has 0 heterocycles. The first kappa shape index (κ1) is 10.1. The number of aliphatic hydroxyl groups is 1. The van der Waals surface area contributed by atoms with Crippen molar-refractivity contribution in [3.8, 4) is 11.8 Å². The first-order valence-corrected chi connectivity index (χ1v) is 3.98. The van der Waals surface area contributed by atoms with Crippen molar-refractivity contribution in [1.29, 1.82) is 0 Å². The van der Waals surface area contributed by atoms with E-state index >= 15 is 0 Å². The molecule has 14 heavy (non-hydrogen) atoms. The Balaban J connectivity index is 2.73. The molecule has 1 rings (SSSR count). The monoisotopic (exact) mass is 190 g/mol. The number of anilines is 1. The molecule has 0 aliphatic heterocycles. The van der Waals surface area contributed by atoms with E-state index in [4.69, 9.17) is 10.8 Å². The minimum Gasteiger partial charge on any atom is -0.384 e. The molecule has 0 aliphatic rings. The van der Waals surface area contributed by atoms with E-state index in [-0.39, 0.29) is 6.61 Å². The Hall–Kier alpha value is -1.99. The van der Waals surface area contributed by atoms with Crippen molar-refractivity contribution in [2.75, 3.05) is 11.9 Å². The molecular formula is C10H10N2O2. The third-order valence-electron chi connectivity index (χ3n) is 1.46. The van der Waals surface area contributed by atoms with Gasteiger partial charge in [0.25, 0.3) is 0 Å². The summed E-state index contributed by atoms with van der Waals surface area (Å²) in [6.07, 6.45) is 0. The number of hydrogen-bond donors (Lipinski definition) is 3. The number of nitrogens with one attached hydrogen (secondary N) is 1. The van der Waals surface area contributed by atoms with Crippen LogP contribution in [-0.4, -0.2) is 17.7 Å². The second-order valence-corrected chi connectivity index (χ2v) is 2.53. The smallest absolute Gasteiger partial charge is 0.316 e. The van der Waals surface area contributed by atoms with E-state index in [0.29, 0.717) is 5.69 Å². The van der Waals surface area contributed by atoms with E-state index in [9.17, 15) is 4.79 Å². The van der Waals surface area contributed by atoms with Gasteiger partial charge in [-0.2, -0.15) is 0 Å². The van der Waals surface area contributed by atoms with Gasteiger partial charge in [0.1, 0.15) is 6.61 Å². The summed E-state index contributed by atoms with van der Waals surface area (Å²) in [5, 5.41) is 10.9. The molecule has 0 atom stereocenters. The van der Waals surface area contributed by atoms with Gasteiger partial charge in [0.05, 0.1) is 0 Å². The van der Waals surface area contributed by atoms with Gasteiger partial charge in [0.2, 0.25) is 0 Å². The van der Waals surface area contributed by atoms with Crippen LogP contribution in [0.25, 0.3) is 0 Å². The SMILES string of the molecule is NC(=O)Nc1ccc(C#CCO)cc1. The maximum absolute atomic E-state index is 10.5. The van der Waals surface area contributed by atoms with Gasteiger partial charge in [-0.05, 0) is 24.3 Å². The molecule has 1 aromatic rings. The quantitative estimate of drug-likeness (QED) is 0.565. The maximum Gasteiger partial charge on any atom is 0.316 e. The molecule has 0 aromatic heterocycles. The molecule has 0 bridgehead atoms. The lowest BCUT2D eigenvalue weighted by atomic mass is 10.2. The molecule has 4 heteroatoms. The minimum absolute atomic E-state index is 0.165. The van der Waals surface area contributed by atoms with Gasteiger partial charge < -0.3 is 16.2 Å². The molecule has 72 valence electrons. The summed E-state index contributed by atoms with van der Waals surface area (Å²) in [6, 6.07) is 6.24. The molecule has 0 aliphatic carbocycles. The number of urea groups is 1. The molecule has 0 saturated heterocycles. The van der Waals surface area contributed by atoms with Crippen LogP contribution < -0.4 is 11.1 Å². The van der Waals surface area contributed by atoms with Crippen LogP contribution in [0.5, 0.6) is 0 Å². The van der Waals surface area contributed by atoms with Crippen LogP contribution in [0, 0.1) is 11.8 Å². The fraction of sp³-hybridized carbons (Fsp3) is 0.100. The van der Waals surface area contributed by atoms with E-state index in [2.05, 4.69) is 17.2 Å². The number of primary amides is 1. The van der Waals surface area contributed by atoms with E-state index in [1.54, 1.807) is 24.3 Å². The normalized spacial score (nSPS) is 8.64. The van der Waals surface area contributed by atoms with Crippen LogP contribution >= 0.6 is 0 Å². The Morgan fingerprint density at radius 1 is 1.43 bits per heavy atom. The number of carbonyl (C=O) groups is 1. The summed E-state index contributed by atoms with van der Waals surface area (Å²) < 4.78 is 0. The van der Waals surface area contributed by atoms with Gasteiger partial charge in [-0.3, -0.25) is 0 Å². The summed E-state index contributed by atoms with van der Waals surface area (Å²) in [5.74, 6) is 5.25. The number of nitrogens with two attached hydrogens (primary N) is 1. The molecule has 0 fully saturated rings.